The lowest BCUT2D eigenvalue weighted by molar-refractivity contribution is 0.00578. The minimum absolute atomic E-state index is 0.365. The summed E-state index contributed by atoms with van der Waals surface area (Å²) < 4.78 is 12.1. The number of nitrogens with one attached hydrogen (secondary N) is 1. The van der Waals surface area contributed by atoms with E-state index in [1.165, 1.54) is 0 Å². The van der Waals surface area contributed by atoms with Gasteiger partial charge in [0.1, 0.15) is 5.65 Å². The van der Waals surface area contributed by atoms with E-state index in [1.54, 1.807) is 12.4 Å². The quantitative estimate of drug-likeness (QED) is 0.815. The van der Waals surface area contributed by atoms with Crippen molar-refractivity contribution < 1.29 is 9.31 Å². The Morgan fingerprint density at radius 2 is 1.84 bits per heavy atom. The summed E-state index contributed by atoms with van der Waals surface area (Å²) in [7, 11) is -0.427. The Morgan fingerprint density at radius 3 is 2.47 bits per heavy atom. The van der Waals surface area contributed by atoms with Crippen LogP contribution < -0.4 is 5.46 Å². The highest BCUT2D eigenvalue weighted by atomic mass is 35.5. The van der Waals surface area contributed by atoms with Gasteiger partial charge in [0.2, 0.25) is 0 Å². The molecule has 0 atom stereocenters. The lowest BCUT2D eigenvalue weighted by Crippen LogP contribution is -2.41. The Labute approximate surface area is 117 Å². The van der Waals surface area contributed by atoms with Crippen molar-refractivity contribution in [2.24, 2.45) is 0 Å². The number of aromatic amines is 1. The second kappa shape index (κ2) is 3.98. The highest BCUT2D eigenvalue weighted by Crippen LogP contribution is 2.37. The van der Waals surface area contributed by atoms with Crippen LogP contribution in [0.4, 0.5) is 0 Å². The van der Waals surface area contributed by atoms with Crippen LogP contribution >= 0.6 is 11.6 Å². The van der Waals surface area contributed by atoms with E-state index in [1.807, 2.05) is 33.8 Å². The lowest BCUT2D eigenvalue weighted by Gasteiger charge is -2.32. The van der Waals surface area contributed by atoms with Gasteiger partial charge in [0.15, 0.2) is 0 Å². The maximum Gasteiger partial charge on any atom is 0.495 e. The van der Waals surface area contributed by atoms with Crippen molar-refractivity contribution in [2.45, 2.75) is 38.9 Å². The first kappa shape index (κ1) is 13.0. The number of rotatable bonds is 1. The zero-order valence-corrected chi connectivity index (χ0v) is 12.2. The molecule has 3 rings (SSSR count). The number of pyridine rings is 1. The van der Waals surface area contributed by atoms with Crippen molar-refractivity contribution >= 4 is 35.2 Å². The van der Waals surface area contributed by atoms with Crippen molar-refractivity contribution in [3.8, 4) is 0 Å². The van der Waals surface area contributed by atoms with E-state index in [4.69, 9.17) is 20.9 Å². The van der Waals surface area contributed by atoms with Gasteiger partial charge in [-0.3, -0.25) is 0 Å². The molecule has 1 aliphatic heterocycles. The van der Waals surface area contributed by atoms with E-state index in [-0.39, 0.29) is 11.2 Å². The standard InChI is InChI=1S/C13H16BClN2O2/c1-12(2)13(3,4)19-14(18-12)8-5-6-16-11-10(8)9(15)7-17-11/h5-7H,1-4H3,(H,16,17). The highest BCUT2D eigenvalue weighted by Gasteiger charge is 2.52. The van der Waals surface area contributed by atoms with Gasteiger partial charge >= 0.3 is 7.12 Å². The monoisotopic (exact) mass is 278 g/mol. The summed E-state index contributed by atoms with van der Waals surface area (Å²) in [5.74, 6) is 0. The first-order valence-corrected chi connectivity index (χ1v) is 6.67. The number of hydrogen-bond donors (Lipinski definition) is 1. The van der Waals surface area contributed by atoms with Gasteiger partial charge in [-0.05, 0) is 39.2 Å². The second-order valence-electron chi connectivity index (χ2n) is 5.85. The summed E-state index contributed by atoms with van der Waals surface area (Å²) in [6.07, 6.45) is 3.46. The molecule has 2 aromatic heterocycles. The average molecular weight is 279 g/mol. The molecule has 1 N–H and O–H groups in total. The molecular formula is C13H16BClN2O2. The van der Waals surface area contributed by atoms with Gasteiger partial charge in [0, 0.05) is 17.8 Å². The zero-order chi connectivity index (χ0) is 13.8. The fourth-order valence-electron chi connectivity index (χ4n) is 2.21. The maximum absolute atomic E-state index is 6.22. The molecule has 6 heteroatoms. The van der Waals surface area contributed by atoms with Crippen LogP contribution in [-0.2, 0) is 9.31 Å². The van der Waals surface area contributed by atoms with Gasteiger partial charge in [0.05, 0.1) is 16.2 Å². The van der Waals surface area contributed by atoms with Gasteiger partial charge in [-0.25, -0.2) is 4.98 Å². The van der Waals surface area contributed by atoms with E-state index >= 15 is 0 Å². The van der Waals surface area contributed by atoms with Crippen LogP contribution in [0.3, 0.4) is 0 Å². The van der Waals surface area contributed by atoms with Gasteiger partial charge in [-0.2, -0.15) is 0 Å². The Morgan fingerprint density at radius 1 is 1.21 bits per heavy atom. The molecule has 0 saturated carbocycles. The minimum atomic E-state index is -0.427. The molecule has 1 aliphatic rings. The average Bonchev–Trinajstić information content (AvgIpc) is 2.78. The fourth-order valence-corrected chi connectivity index (χ4v) is 2.46. The predicted octanol–water partition coefficient (Wildman–Crippen LogP) is 2.52. The van der Waals surface area contributed by atoms with E-state index in [0.717, 1.165) is 16.5 Å². The molecule has 1 saturated heterocycles. The molecule has 0 radical (unpaired) electrons. The number of H-pyrrole nitrogens is 1. The molecule has 3 heterocycles. The Kier molecular flexibility index (Phi) is 2.72. The molecule has 0 aromatic carbocycles. The van der Waals surface area contributed by atoms with Crippen LogP contribution in [0.2, 0.25) is 5.02 Å². The van der Waals surface area contributed by atoms with E-state index < -0.39 is 7.12 Å². The second-order valence-corrected chi connectivity index (χ2v) is 6.26. The molecule has 0 unspecified atom stereocenters. The molecule has 1 fully saturated rings. The summed E-state index contributed by atoms with van der Waals surface area (Å²) >= 11 is 6.22. The number of halogens is 1. The third kappa shape index (κ3) is 1.88. The molecule has 0 spiro atoms. The van der Waals surface area contributed by atoms with Crippen LogP contribution in [0.5, 0.6) is 0 Å². The SMILES string of the molecule is CC1(C)OB(c2ccnc3[nH]cc(Cl)c23)OC1(C)C. The minimum Gasteiger partial charge on any atom is -0.399 e. The number of hydrogen-bond acceptors (Lipinski definition) is 3. The maximum atomic E-state index is 6.22. The van der Waals surface area contributed by atoms with Crippen molar-refractivity contribution in [2.75, 3.05) is 0 Å². The van der Waals surface area contributed by atoms with Crippen molar-refractivity contribution in [3.63, 3.8) is 0 Å². The molecule has 0 amide bonds. The first-order valence-electron chi connectivity index (χ1n) is 6.29. The Balaban J connectivity index is 2.10. The number of fused-ring (bicyclic) bond motifs is 1. The third-order valence-corrected chi connectivity index (χ3v) is 4.36. The molecule has 4 nitrogen and oxygen atoms in total. The molecule has 2 aromatic rings. The Bertz CT molecular complexity index is 623. The van der Waals surface area contributed by atoms with Crippen LogP contribution in [0, 0.1) is 0 Å². The predicted molar refractivity (Wildman–Crippen MR) is 76.8 cm³/mol. The summed E-state index contributed by atoms with van der Waals surface area (Å²) in [5, 5.41) is 1.50. The molecule has 100 valence electrons. The van der Waals surface area contributed by atoms with Crippen LogP contribution in [0.1, 0.15) is 27.7 Å². The zero-order valence-electron chi connectivity index (χ0n) is 11.5. The summed E-state index contributed by atoms with van der Waals surface area (Å²) in [4.78, 5) is 7.29. The molecule has 19 heavy (non-hydrogen) atoms. The van der Waals surface area contributed by atoms with Gasteiger partial charge in [-0.1, -0.05) is 11.6 Å². The topological polar surface area (TPSA) is 47.1 Å². The van der Waals surface area contributed by atoms with E-state index in [2.05, 4.69) is 9.97 Å². The summed E-state index contributed by atoms with van der Waals surface area (Å²) in [6, 6.07) is 1.89. The number of aromatic nitrogens is 2. The molecule has 0 aliphatic carbocycles. The smallest absolute Gasteiger partial charge is 0.399 e. The normalized spacial score (nSPS) is 21.2. The summed E-state index contributed by atoms with van der Waals surface area (Å²) in [5.41, 5.74) is 0.929. The van der Waals surface area contributed by atoms with Gasteiger partial charge in [-0.15, -0.1) is 0 Å². The van der Waals surface area contributed by atoms with Crippen molar-refractivity contribution in [1.29, 1.82) is 0 Å². The molecule has 0 bridgehead atoms. The van der Waals surface area contributed by atoms with Crippen LogP contribution in [0.15, 0.2) is 18.5 Å². The largest absolute Gasteiger partial charge is 0.495 e. The van der Waals surface area contributed by atoms with E-state index in [0.29, 0.717) is 5.02 Å². The number of nitrogens with zero attached hydrogens (tertiary/aromatic N) is 1. The highest BCUT2D eigenvalue weighted by molar-refractivity contribution is 6.66. The van der Waals surface area contributed by atoms with Gasteiger partial charge in [0.25, 0.3) is 0 Å². The Hall–Kier alpha value is -1.04. The first-order chi connectivity index (χ1) is 8.82. The molecular weight excluding hydrogens is 262 g/mol. The van der Waals surface area contributed by atoms with Gasteiger partial charge < -0.3 is 14.3 Å². The van der Waals surface area contributed by atoms with Crippen LogP contribution in [0.25, 0.3) is 11.0 Å². The van der Waals surface area contributed by atoms with Crippen LogP contribution in [-0.4, -0.2) is 28.3 Å². The fraction of sp³-hybridized carbons (Fsp3) is 0.462. The van der Waals surface area contributed by atoms with Crippen molar-refractivity contribution in [1.82, 2.24) is 9.97 Å². The third-order valence-electron chi connectivity index (χ3n) is 4.06. The van der Waals surface area contributed by atoms with E-state index in [9.17, 15) is 0 Å². The lowest BCUT2D eigenvalue weighted by atomic mass is 9.78. The summed E-state index contributed by atoms with van der Waals surface area (Å²) in [6.45, 7) is 8.13. The van der Waals surface area contributed by atoms with Crippen molar-refractivity contribution in [3.05, 3.63) is 23.5 Å².